The van der Waals surface area contributed by atoms with Gasteiger partial charge in [0, 0.05) is 12.1 Å². The van der Waals surface area contributed by atoms with Gasteiger partial charge in [-0.05, 0) is 25.0 Å². The molecule has 1 aromatic heterocycles. The zero-order valence-corrected chi connectivity index (χ0v) is 10.3. The Labute approximate surface area is 100 Å². The van der Waals surface area contributed by atoms with Crippen LogP contribution in [0.3, 0.4) is 0 Å². The van der Waals surface area contributed by atoms with Crippen LogP contribution in [0.5, 0.6) is 0 Å². The van der Waals surface area contributed by atoms with Crippen LogP contribution < -0.4 is 4.72 Å². The summed E-state index contributed by atoms with van der Waals surface area (Å²) >= 11 is 5.47. The minimum atomic E-state index is -3.23. The minimum Gasteiger partial charge on any atom is -0.212 e. The summed E-state index contributed by atoms with van der Waals surface area (Å²) in [6.45, 7) is 0.178. The molecule has 1 N–H and O–H groups in total. The minimum absolute atomic E-state index is 0.0972. The SMILES string of the molecule is O=S(=O)(CCCCCl)NCc1cccnn1. The van der Waals surface area contributed by atoms with Gasteiger partial charge in [-0.1, -0.05) is 0 Å². The van der Waals surface area contributed by atoms with Crippen LogP contribution in [0.2, 0.25) is 0 Å². The lowest BCUT2D eigenvalue weighted by Crippen LogP contribution is -2.26. The monoisotopic (exact) mass is 263 g/mol. The summed E-state index contributed by atoms with van der Waals surface area (Å²) < 4.78 is 25.4. The zero-order chi connectivity index (χ0) is 11.9. The molecule has 0 aliphatic heterocycles. The fourth-order valence-electron chi connectivity index (χ4n) is 1.07. The third-order valence-corrected chi connectivity index (χ3v) is 3.57. The van der Waals surface area contributed by atoms with Gasteiger partial charge < -0.3 is 0 Å². The first-order valence-electron chi connectivity index (χ1n) is 4.94. The van der Waals surface area contributed by atoms with E-state index in [1.807, 2.05) is 0 Å². The van der Waals surface area contributed by atoms with E-state index >= 15 is 0 Å². The Hall–Kier alpha value is -0.720. The van der Waals surface area contributed by atoms with E-state index in [1.54, 1.807) is 18.3 Å². The van der Waals surface area contributed by atoms with Crippen LogP contribution in [0.25, 0.3) is 0 Å². The number of hydrogen-bond acceptors (Lipinski definition) is 4. The van der Waals surface area contributed by atoms with Crippen molar-refractivity contribution in [3.05, 3.63) is 24.0 Å². The zero-order valence-electron chi connectivity index (χ0n) is 8.76. The second-order valence-electron chi connectivity index (χ2n) is 3.25. The molecular weight excluding hydrogens is 250 g/mol. The van der Waals surface area contributed by atoms with Gasteiger partial charge >= 0.3 is 0 Å². The van der Waals surface area contributed by atoms with E-state index in [9.17, 15) is 8.42 Å². The van der Waals surface area contributed by atoms with Crippen molar-refractivity contribution < 1.29 is 8.42 Å². The quantitative estimate of drug-likeness (QED) is 0.586. The molecule has 0 fully saturated rings. The Bertz CT molecular complexity index is 396. The van der Waals surface area contributed by atoms with E-state index in [4.69, 9.17) is 11.6 Å². The molecule has 1 rings (SSSR count). The third kappa shape index (κ3) is 5.39. The molecule has 0 aliphatic carbocycles. The predicted octanol–water partition coefficient (Wildman–Crippen LogP) is 0.915. The number of unbranched alkanes of at least 4 members (excludes halogenated alkanes) is 1. The summed E-state index contributed by atoms with van der Waals surface area (Å²) in [5, 5.41) is 7.44. The van der Waals surface area contributed by atoms with Crippen LogP contribution in [-0.2, 0) is 16.6 Å². The maximum atomic E-state index is 11.5. The maximum absolute atomic E-state index is 11.5. The van der Waals surface area contributed by atoms with Crippen LogP contribution in [0, 0.1) is 0 Å². The number of nitrogens with one attached hydrogen (secondary N) is 1. The number of sulfonamides is 1. The lowest BCUT2D eigenvalue weighted by molar-refractivity contribution is 0.576. The van der Waals surface area contributed by atoms with Crippen LogP contribution >= 0.6 is 11.6 Å². The van der Waals surface area contributed by atoms with Gasteiger partial charge in [0.05, 0.1) is 18.0 Å². The number of halogens is 1. The molecule has 0 bridgehead atoms. The van der Waals surface area contributed by atoms with Crippen LogP contribution in [0.1, 0.15) is 18.5 Å². The molecule has 0 saturated heterocycles. The maximum Gasteiger partial charge on any atom is 0.211 e. The average molecular weight is 264 g/mol. The third-order valence-electron chi connectivity index (χ3n) is 1.90. The van der Waals surface area contributed by atoms with Crippen LogP contribution in [0.15, 0.2) is 18.3 Å². The topological polar surface area (TPSA) is 72.0 Å². The molecular formula is C9H14ClN3O2S. The highest BCUT2D eigenvalue weighted by atomic mass is 35.5. The number of aromatic nitrogens is 2. The first-order chi connectivity index (χ1) is 7.64. The molecule has 0 aromatic carbocycles. The summed E-state index contributed by atoms with van der Waals surface area (Å²) in [5.41, 5.74) is 0.600. The molecule has 0 saturated carbocycles. The Balaban J connectivity index is 2.36. The Morgan fingerprint density at radius 3 is 2.81 bits per heavy atom. The number of alkyl halides is 1. The highest BCUT2D eigenvalue weighted by Gasteiger charge is 2.09. The second kappa shape index (κ2) is 6.78. The van der Waals surface area contributed by atoms with Gasteiger partial charge in [-0.15, -0.1) is 11.6 Å². The molecule has 0 amide bonds. The Morgan fingerprint density at radius 2 is 2.19 bits per heavy atom. The first kappa shape index (κ1) is 13.3. The fourth-order valence-corrected chi connectivity index (χ4v) is 2.36. The molecule has 0 unspecified atom stereocenters. The smallest absolute Gasteiger partial charge is 0.211 e. The molecule has 5 nitrogen and oxygen atoms in total. The van der Waals surface area contributed by atoms with E-state index in [0.29, 0.717) is 24.4 Å². The van der Waals surface area contributed by atoms with E-state index in [2.05, 4.69) is 14.9 Å². The molecule has 90 valence electrons. The summed E-state index contributed by atoms with van der Waals surface area (Å²) in [5.74, 6) is 0.583. The van der Waals surface area contributed by atoms with Gasteiger partial charge in [-0.25, -0.2) is 13.1 Å². The average Bonchev–Trinajstić information content (AvgIpc) is 2.28. The van der Waals surface area contributed by atoms with E-state index < -0.39 is 10.0 Å². The summed E-state index contributed by atoms with van der Waals surface area (Å²) in [6, 6.07) is 3.43. The van der Waals surface area contributed by atoms with Crippen molar-refractivity contribution in [2.45, 2.75) is 19.4 Å². The lowest BCUT2D eigenvalue weighted by atomic mass is 10.4. The van der Waals surface area contributed by atoms with Gasteiger partial charge in [0.2, 0.25) is 10.0 Å². The van der Waals surface area contributed by atoms with Gasteiger partial charge in [-0.3, -0.25) is 0 Å². The van der Waals surface area contributed by atoms with Crippen molar-refractivity contribution in [2.24, 2.45) is 0 Å². The normalized spacial score (nSPS) is 11.6. The van der Waals surface area contributed by atoms with Crippen molar-refractivity contribution in [3.8, 4) is 0 Å². The fraction of sp³-hybridized carbons (Fsp3) is 0.556. The van der Waals surface area contributed by atoms with Gasteiger partial charge in [-0.2, -0.15) is 10.2 Å². The molecule has 1 heterocycles. The molecule has 0 radical (unpaired) electrons. The van der Waals surface area contributed by atoms with E-state index in [1.165, 1.54) is 0 Å². The van der Waals surface area contributed by atoms with Crippen molar-refractivity contribution in [1.82, 2.24) is 14.9 Å². The van der Waals surface area contributed by atoms with Crippen molar-refractivity contribution in [3.63, 3.8) is 0 Å². The number of rotatable bonds is 7. The van der Waals surface area contributed by atoms with Gasteiger partial charge in [0.25, 0.3) is 0 Å². The summed E-state index contributed by atoms with van der Waals surface area (Å²) in [6.07, 6.45) is 2.81. The van der Waals surface area contributed by atoms with Gasteiger partial charge in [0.15, 0.2) is 0 Å². The highest BCUT2D eigenvalue weighted by Crippen LogP contribution is 1.98. The lowest BCUT2D eigenvalue weighted by Gasteiger charge is -2.04. The molecule has 1 aromatic rings. The molecule has 16 heavy (non-hydrogen) atoms. The summed E-state index contributed by atoms with van der Waals surface area (Å²) in [7, 11) is -3.23. The van der Waals surface area contributed by atoms with E-state index in [0.717, 1.165) is 0 Å². The second-order valence-corrected chi connectivity index (χ2v) is 5.56. The van der Waals surface area contributed by atoms with Crippen molar-refractivity contribution in [2.75, 3.05) is 11.6 Å². The van der Waals surface area contributed by atoms with Crippen LogP contribution in [-0.4, -0.2) is 30.2 Å². The van der Waals surface area contributed by atoms with E-state index in [-0.39, 0.29) is 12.3 Å². The number of hydrogen-bond donors (Lipinski definition) is 1. The molecule has 0 spiro atoms. The van der Waals surface area contributed by atoms with Crippen LogP contribution in [0.4, 0.5) is 0 Å². The summed E-state index contributed by atoms with van der Waals surface area (Å²) in [4.78, 5) is 0. The van der Waals surface area contributed by atoms with Crippen molar-refractivity contribution in [1.29, 1.82) is 0 Å². The number of nitrogens with zero attached hydrogens (tertiary/aromatic N) is 2. The first-order valence-corrected chi connectivity index (χ1v) is 7.12. The molecule has 0 aliphatic rings. The molecule has 7 heteroatoms. The predicted molar refractivity (Wildman–Crippen MR) is 62.6 cm³/mol. The largest absolute Gasteiger partial charge is 0.212 e. The van der Waals surface area contributed by atoms with Crippen molar-refractivity contribution >= 4 is 21.6 Å². The Kier molecular flexibility index (Phi) is 5.65. The standard InChI is InChI=1S/C9H14ClN3O2S/c10-5-1-2-7-16(14,15)12-8-9-4-3-6-11-13-9/h3-4,6,12H,1-2,5,7-8H2. The Morgan fingerprint density at radius 1 is 1.38 bits per heavy atom. The highest BCUT2D eigenvalue weighted by molar-refractivity contribution is 7.89. The van der Waals surface area contributed by atoms with Gasteiger partial charge in [0.1, 0.15) is 0 Å². The molecule has 0 atom stereocenters.